The van der Waals surface area contributed by atoms with Crippen LogP contribution in [0.4, 0.5) is 0 Å². The van der Waals surface area contributed by atoms with Crippen molar-refractivity contribution in [3.8, 4) is 0 Å². The number of rotatable bonds is 57. The highest BCUT2D eigenvalue weighted by Gasteiger charge is 2.33. The van der Waals surface area contributed by atoms with E-state index in [1.165, 1.54) is 164 Å². The Morgan fingerprint density at radius 2 is 0.511 bits per heavy atom. The van der Waals surface area contributed by atoms with Gasteiger partial charge in [0, 0.05) is 0 Å². The van der Waals surface area contributed by atoms with Crippen LogP contribution < -0.4 is 0 Å². The van der Waals surface area contributed by atoms with E-state index in [0.717, 1.165) is 103 Å². The van der Waals surface area contributed by atoms with Gasteiger partial charge in [-0.05, 0) is 114 Å². The minimum Gasteiger partial charge on any atom is -0.747 e. The average Bonchev–Trinajstić information content (AvgIpc) is 3.72. The van der Waals surface area contributed by atoms with Crippen molar-refractivity contribution in [1.29, 1.82) is 0 Å². The van der Waals surface area contributed by atoms with Crippen molar-refractivity contribution >= 4 is 44.1 Å². The highest BCUT2D eigenvalue weighted by Crippen LogP contribution is 2.23. The third-order valence-corrected chi connectivity index (χ3v) is 20.0. The third-order valence-electron chi connectivity index (χ3n) is 17.9. The molecule has 6 atom stereocenters. The second kappa shape index (κ2) is 57.3. The molecular weight excluding hydrogens is 1160 g/mol. The number of quaternary nitrogens is 2. The minimum atomic E-state index is -5.01. The standard InChI is InChI=1S/C30H66N2.2C20H38O7S/c1-7-13-23-31(24-14-8-2,25-15-9-3)29-21-19-20-22-30-32(26-16-10-4,27-17-11-5)28-18-12-6;2*1-5-9-11-16(7-3)14-26-19(21)13-18(28(23,24)25)20(22)27-15-17(8-4)12-10-6-2/h7-30H2,1-6H3;2*16-18H,5-15H2,1-4H3,(H,23,24,25)/q+2;;/p-2. The molecule has 0 aromatic heterocycles. The quantitative estimate of drug-likeness (QED) is 0.0182. The summed E-state index contributed by atoms with van der Waals surface area (Å²) < 4.78 is 92.0. The second-order valence-electron chi connectivity index (χ2n) is 25.7. The van der Waals surface area contributed by atoms with E-state index >= 15 is 0 Å². The van der Waals surface area contributed by atoms with Gasteiger partial charge in [0.1, 0.15) is 20.2 Å². The highest BCUT2D eigenvalue weighted by molar-refractivity contribution is 7.87. The van der Waals surface area contributed by atoms with Crippen LogP contribution in [0.5, 0.6) is 0 Å². The van der Waals surface area contributed by atoms with Gasteiger partial charge in [0.2, 0.25) is 0 Å². The van der Waals surface area contributed by atoms with Gasteiger partial charge in [0.15, 0.2) is 10.5 Å². The molecule has 0 spiro atoms. The van der Waals surface area contributed by atoms with Crippen molar-refractivity contribution in [1.82, 2.24) is 0 Å². The highest BCUT2D eigenvalue weighted by atomic mass is 32.2. The van der Waals surface area contributed by atoms with Gasteiger partial charge in [-0.25, -0.2) is 16.8 Å². The van der Waals surface area contributed by atoms with Crippen LogP contribution in [0.2, 0.25) is 0 Å². The predicted molar refractivity (Wildman–Crippen MR) is 361 cm³/mol. The van der Waals surface area contributed by atoms with Crippen molar-refractivity contribution in [2.24, 2.45) is 23.7 Å². The maximum atomic E-state index is 12.1. The summed E-state index contributed by atoms with van der Waals surface area (Å²) in [4.78, 5) is 48.3. The monoisotopic (exact) mass is 1300 g/mol. The molecule has 0 saturated carbocycles. The van der Waals surface area contributed by atoms with E-state index in [9.17, 15) is 45.1 Å². The van der Waals surface area contributed by atoms with Gasteiger partial charge in [-0.1, -0.05) is 213 Å². The lowest BCUT2D eigenvalue weighted by Gasteiger charge is -2.40. The largest absolute Gasteiger partial charge is 0.747 e. The molecule has 18 heteroatoms. The molecule has 0 aliphatic rings. The Bertz CT molecular complexity index is 1730. The fraction of sp³-hybridized carbons (Fsp3) is 0.943. The molecule has 0 aliphatic heterocycles. The van der Waals surface area contributed by atoms with Gasteiger partial charge in [-0.15, -0.1) is 0 Å². The summed E-state index contributed by atoms with van der Waals surface area (Å²) in [6.07, 6.45) is 35.6. The number of hydrogen-bond acceptors (Lipinski definition) is 14. The van der Waals surface area contributed by atoms with E-state index in [2.05, 4.69) is 69.2 Å². The van der Waals surface area contributed by atoms with Crippen LogP contribution in [-0.2, 0) is 58.4 Å². The van der Waals surface area contributed by atoms with Crippen LogP contribution in [0.1, 0.15) is 315 Å². The zero-order valence-electron chi connectivity index (χ0n) is 59.4. The number of carbonyl (C=O) groups excluding carboxylic acids is 4. The Kier molecular flexibility index (Phi) is 58.5. The Morgan fingerprint density at radius 3 is 0.705 bits per heavy atom. The molecule has 0 amide bonds. The van der Waals surface area contributed by atoms with Crippen molar-refractivity contribution in [2.75, 3.05) is 78.8 Å². The summed E-state index contributed by atoms with van der Waals surface area (Å²) in [6, 6.07) is 0. The van der Waals surface area contributed by atoms with Crippen molar-refractivity contribution in [3.63, 3.8) is 0 Å². The maximum absolute atomic E-state index is 12.1. The molecule has 0 aromatic carbocycles. The van der Waals surface area contributed by atoms with Gasteiger partial charge in [-0.3, -0.25) is 19.2 Å². The van der Waals surface area contributed by atoms with Crippen LogP contribution in [0.3, 0.4) is 0 Å². The van der Waals surface area contributed by atoms with E-state index in [4.69, 9.17) is 18.9 Å². The molecule has 0 N–H and O–H groups in total. The molecule has 0 radical (unpaired) electrons. The topological polar surface area (TPSA) is 220 Å². The number of esters is 4. The molecule has 88 heavy (non-hydrogen) atoms. The van der Waals surface area contributed by atoms with E-state index in [1.807, 2.05) is 27.7 Å². The van der Waals surface area contributed by atoms with Crippen molar-refractivity contribution in [3.05, 3.63) is 0 Å². The van der Waals surface area contributed by atoms with E-state index in [1.54, 1.807) is 0 Å². The Morgan fingerprint density at radius 1 is 0.307 bits per heavy atom. The number of hydrogen-bond donors (Lipinski definition) is 0. The Labute approximate surface area is 542 Å². The third kappa shape index (κ3) is 46.6. The summed E-state index contributed by atoms with van der Waals surface area (Å²) in [7, 11) is -10.0. The lowest BCUT2D eigenvalue weighted by Crippen LogP contribution is -2.51. The summed E-state index contributed by atoms with van der Waals surface area (Å²) in [5.41, 5.74) is 0. The number of nitrogens with zero attached hydrogens (tertiary/aromatic N) is 2. The van der Waals surface area contributed by atoms with E-state index in [-0.39, 0.29) is 50.1 Å². The SMILES string of the molecule is CCCCC(CC)COC(=O)CC(C(=O)OCC(CC)CCCC)S(=O)(=O)[O-].CCCCC(CC)COC(=O)CC(C(=O)OCC(CC)CCCC)S(=O)(=O)[O-].CCCC[N+](CCCC)(CCCC)CCCCCC[N+](CCCC)(CCCC)CCCC. The first-order valence-corrected chi connectivity index (χ1v) is 39.1. The van der Waals surface area contributed by atoms with Crippen molar-refractivity contribution < 1.29 is 73.0 Å². The molecule has 0 aromatic rings. The molecule has 0 fully saturated rings. The number of carbonyl (C=O) groups is 4. The van der Waals surface area contributed by atoms with Crippen LogP contribution in [0.15, 0.2) is 0 Å². The zero-order valence-corrected chi connectivity index (χ0v) is 61.1. The molecule has 6 unspecified atom stereocenters. The molecule has 0 aliphatic carbocycles. The summed E-state index contributed by atoms with van der Waals surface area (Å²) >= 11 is 0. The maximum Gasteiger partial charge on any atom is 0.323 e. The van der Waals surface area contributed by atoms with Crippen LogP contribution in [-0.4, -0.2) is 148 Å². The minimum absolute atomic E-state index is 0.0470. The first kappa shape index (κ1) is 89.8. The Hall–Kier alpha value is -2.38. The van der Waals surface area contributed by atoms with E-state index in [0.29, 0.717) is 0 Å². The second-order valence-corrected chi connectivity index (χ2v) is 28.8. The smallest absolute Gasteiger partial charge is 0.323 e. The average molecular weight is 1300 g/mol. The van der Waals surface area contributed by atoms with Gasteiger partial charge in [0.25, 0.3) is 0 Å². The van der Waals surface area contributed by atoms with E-state index < -0.39 is 67.5 Å². The lowest BCUT2D eigenvalue weighted by molar-refractivity contribution is -0.929. The zero-order chi connectivity index (χ0) is 67.1. The van der Waals surface area contributed by atoms with Gasteiger partial charge in [-0.2, -0.15) is 0 Å². The first-order valence-electron chi connectivity index (χ1n) is 36.2. The van der Waals surface area contributed by atoms with Crippen LogP contribution in [0, 0.1) is 23.7 Å². The molecule has 0 bridgehead atoms. The van der Waals surface area contributed by atoms with Crippen LogP contribution in [0.25, 0.3) is 0 Å². The molecule has 526 valence electrons. The predicted octanol–water partition coefficient (Wildman–Crippen LogP) is 16.6. The summed E-state index contributed by atoms with van der Waals surface area (Å²) in [6.45, 7) is 42.2. The van der Waals surface area contributed by atoms with Gasteiger partial charge in [0.05, 0.1) is 91.6 Å². The number of unbranched alkanes of at least 4 members (excludes halogenated alkanes) is 13. The van der Waals surface area contributed by atoms with Gasteiger partial charge < -0.3 is 37.0 Å². The van der Waals surface area contributed by atoms with Crippen molar-refractivity contribution in [2.45, 2.75) is 326 Å². The fourth-order valence-corrected chi connectivity index (χ4v) is 12.5. The fourth-order valence-electron chi connectivity index (χ4n) is 11.2. The molecule has 16 nitrogen and oxygen atoms in total. The molecule has 0 rings (SSSR count). The summed E-state index contributed by atoms with van der Waals surface area (Å²) in [5, 5.41) is -4.11. The lowest BCUT2D eigenvalue weighted by atomic mass is 10.0. The molecule has 0 saturated heterocycles. The first-order chi connectivity index (χ1) is 41.9. The Balaban J connectivity index is -0.00000124. The number of ether oxygens (including phenoxy) is 4. The van der Waals surface area contributed by atoms with Crippen LogP contribution >= 0.6 is 0 Å². The molecule has 0 heterocycles. The summed E-state index contributed by atoms with van der Waals surface area (Å²) in [5.74, 6) is -3.49. The normalized spacial score (nSPS) is 14.0. The van der Waals surface area contributed by atoms with Gasteiger partial charge >= 0.3 is 23.9 Å². The molecular formula is C70H140N2O14S2.